The third-order valence-corrected chi connectivity index (χ3v) is 4.75. The Morgan fingerprint density at radius 2 is 2.04 bits per heavy atom. The molecular weight excluding hydrogens is 376 g/mol. The number of aromatic nitrogens is 2. The molecule has 0 aliphatic rings. The predicted molar refractivity (Wildman–Crippen MR) is 99.1 cm³/mol. The highest BCUT2D eigenvalue weighted by Crippen LogP contribution is 2.24. The van der Waals surface area contributed by atoms with Gasteiger partial charge < -0.3 is 4.98 Å². The van der Waals surface area contributed by atoms with Gasteiger partial charge in [-0.25, -0.2) is 10.5 Å². The van der Waals surface area contributed by atoms with E-state index in [0.29, 0.717) is 33.6 Å². The molecule has 0 aliphatic heterocycles. The zero-order valence-electron chi connectivity index (χ0n) is 13.8. The summed E-state index contributed by atoms with van der Waals surface area (Å²) >= 11 is 7.26. The van der Waals surface area contributed by atoms with Gasteiger partial charge in [-0.2, -0.15) is 5.26 Å². The maximum absolute atomic E-state index is 12.1. The van der Waals surface area contributed by atoms with Crippen LogP contribution < -0.4 is 11.0 Å². The molecule has 136 valence electrons. The Morgan fingerprint density at radius 1 is 1.31 bits per heavy atom. The van der Waals surface area contributed by atoms with Crippen LogP contribution in [0.3, 0.4) is 0 Å². The average molecular weight is 393 g/mol. The molecule has 0 unspecified atom stereocenters. The highest BCUT2D eigenvalue weighted by Gasteiger charge is 2.13. The second-order valence-corrected chi connectivity index (χ2v) is 6.93. The number of nitriles is 1. The van der Waals surface area contributed by atoms with E-state index in [1.54, 1.807) is 29.7 Å². The van der Waals surface area contributed by atoms with E-state index >= 15 is 0 Å². The van der Waals surface area contributed by atoms with Crippen LogP contribution in [0.25, 0.3) is 11.3 Å². The van der Waals surface area contributed by atoms with Gasteiger partial charge in [0.15, 0.2) is 5.16 Å². The van der Waals surface area contributed by atoms with E-state index in [4.69, 9.17) is 16.8 Å². The number of hydrogen-bond acceptors (Lipinski definition) is 6. The number of nitrogens with zero attached hydrogens (tertiary/aromatic N) is 2. The number of amides is 1. The first-order valence-electron chi connectivity index (χ1n) is 7.91. The summed E-state index contributed by atoms with van der Waals surface area (Å²) in [5.41, 5.74) is 2.06. The van der Waals surface area contributed by atoms with E-state index in [9.17, 15) is 14.9 Å². The minimum atomic E-state index is -0.477. The highest BCUT2D eigenvalue weighted by molar-refractivity contribution is 7.99. The minimum Gasteiger partial charge on any atom is -0.300 e. The number of thioether (sulfide) groups is 1. The summed E-state index contributed by atoms with van der Waals surface area (Å²) < 4.78 is 0. The number of nitrogens with one attached hydrogen (secondary N) is 2. The molecule has 0 saturated heterocycles. The molecule has 0 spiro atoms. The highest BCUT2D eigenvalue weighted by atomic mass is 35.5. The number of carbonyl (C=O) groups is 1. The topological polar surface area (TPSA) is 119 Å². The number of hydroxylamine groups is 1. The van der Waals surface area contributed by atoms with Gasteiger partial charge in [0.2, 0.25) is 5.91 Å². The molecule has 26 heavy (non-hydrogen) atoms. The molecule has 1 aromatic carbocycles. The van der Waals surface area contributed by atoms with Crippen molar-refractivity contribution < 1.29 is 10.0 Å². The molecule has 0 aliphatic carbocycles. The zero-order valence-corrected chi connectivity index (χ0v) is 15.4. The van der Waals surface area contributed by atoms with Crippen molar-refractivity contribution in [2.45, 2.75) is 30.8 Å². The fourth-order valence-corrected chi connectivity index (χ4v) is 3.22. The SMILES string of the molecule is N#Cc1c(-c2ccc(Cl)cc2)nc(SCCCCCC(=O)NO)[nH]c1=O. The van der Waals surface area contributed by atoms with Gasteiger partial charge in [-0.3, -0.25) is 14.8 Å². The molecule has 3 N–H and O–H groups in total. The van der Waals surface area contributed by atoms with Gasteiger partial charge in [0.25, 0.3) is 5.56 Å². The largest absolute Gasteiger partial charge is 0.300 e. The number of rotatable bonds is 8. The maximum Gasteiger partial charge on any atom is 0.270 e. The predicted octanol–water partition coefficient (Wildman–Crippen LogP) is 3.12. The normalized spacial score (nSPS) is 10.3. The van der Waals surface area contributed by atoms with E-state index in [1.165, 1.54) is 11.8 Å². The molecule has 1 amide bonds. The summed E-state index contributed by atoms with van der Waals surface area (Å²) in [5.74, 6) is 0.304. The Labute approximate surface area is 159 Å². The van der Waals surface area contributed by atoms with Gasteiger partial charge in [0.1, 0.15) is 11.6 Å². The van der Waals surface area contributed by atoms with Crippen LogP contribution in [-0.2, 0) is 4.79 Å². The van der Waals surface area contributed by atoms with Crippen molar-refractivity contribution >= 4 is 29.3 Å². The maximum atomic E-state index is 12.1. The first-order valence-corrected chi connectivity index (χ1v) is 9.27. The summed E-state index contributed by atoms with van der Waals surface area (Å²) in [6.45, 7) is 0. The lowest BCUT2D eigenvalue weighted by molar-refractivity contribution is -0.129. The summed E-state index contributed by atoms with van der Waals surface area (Å²) in [6, 6.07) is 8.68. The zero-order chi connectivity index (χ0) is 18.9. The van der Waals surface area contributed by atoms with Crippen LogP contribution in [0.15, 0.2) is 34.2 Å². The van der Waals surface area contributed by atoms with E-state index in [2.05, 4.69) is 9.97 Å². The smallest absolute Gasteiger partial charge is 0.270 e. The first kappa shape index (κ1) is 20.0. The number of unbranched alkanes of at least 4 members (excludes halogenated alkanes) is 2. The van der Waals surface area contributed by atoms with Crippen LogP contribution >= 0.6 is 23.4 Å². The average Bonchev–Trinajstić information content (AvgIpc) is 2.64. The van der Waals surface area contributed by atoms with E-state index in [1.807, 2.05) is 6.07 Å². The van der Waals surface area contributed by atoms with Crippen LogP contribution in [0.2, 0.25) is 5.02 Å². The van der Waals surface area contributed by atoms with Crippen molar-refractivity contribution in [2.75, 3.05) is 5.75 Å². The standard InChI is InChI=1S/C17H17ClN4O3S/c18-12-7-5-11(6-8-12)15-13(10-19)16(24)21-17(20-15)26-9-3-1-2-4-14(23)22-25/h5-8,25H,1-4,9H2,(H,22,23)(H,20,21,24). The quantitative estimate of drug-likeness (QED) is 0.209. The van der Waals surface area contributed by atoms with Gasteiger partial charge >= 0.3 is 0 Å². The minimum absolute atomic E-state index is 0.0355. The fourth-order valence-electron chi connectivity index (χ4n) is 2.23. The lowest BCUT2D eigenvalue weighted by atomic mass is 10.1. The van der Waals surface area contributed by atoms with Crippen LogP contribution in [0.4, 0.5) is 0 Å². The van der Waals surface area contributed by atoms with E-state index in [-0.39, 0.29) is 12.0 Å². The van der Waals surface area contributed by atoms with Crippen molar-refractivity contribution in [3.8, 4) is 17.3 Å². The Bertz CT molecular complexity index is 862. The lowest BCUT2D eigenvalue weighted by Crippen LogP contribution is -2.17. The van der Waals surface area contributed by atoms with Gasteiger partial charge in [-0.05, 0) is 25.0 Å². The summed E-state index contributed by atoms with van der Waals surface area (Å²) in [6.07, 6.45) is 2.57. The number of benzene rings is 1. The molecule has 0 bridgehead atoms. The number of aromatic amines is 1. The number of halogens is 1. The number of H-pyrrole nitrogens is 1. The Balaban J connectivity index is 2.04. The second kappa shape index (κ2) is 9.97. The van der Waals surface area contributed by atoms with Gasteiger partial charge in [-0.1, -0.05) is 41.9 Å². The summed E-state index contributed by atoms with van der Waals surface area (Å²) in [4.78, 5) is 30.1. The molecular formula is C17H17ClN4O3S. The van der Waals surface area contributed by atoms with Crippen molar-refractivity contribution in [1.82, 2.24) is 15.4 Å². The Kier molecular flexibility index (Phi) is 7.66. The van der Waals surface area contributed by atoms with Gasteiger partial charge in [0, 0.05) is 22.8 Å². The lowest BCUT2D eigenvalue weighted by Gasteiger charge is -2.07. The molecule has 7 nitrogen and oxygen atoms in total. The van der Waals surface area contributed by atoms with Gasteiger partial charge in [0.05, 0.1) is 5.69 Å². The molecule has 1 aromatic heterocycles. The molecule has 0 fully saturated rings. The Hall–Kier alpha value is -2.34. The molecule has 9 heteroatoms. The van der Waals surface area contributed by atoms with Gasteiger partial charge in [-0.15, -0.1) is 0 Å². The first-order chi connectivity index (χ1) is 12.5. The van der Waals surface area contributed by atoms with E-state index < -0.39 is 11.5 Å². The van der Waals surface area contributed by atoms with E-state index in [0.717, 1.165) is 12.8 Å². The molecule has 0 atom stereocenters. The molecule has 0 saturated carbocycles. The van der Waals surface area contributed by atoms with Crippen LogP contribution in [0.1, 0.15) is 31.2 Å². The monoisotopic (exact) mass is 392 g/mol. The van der Waals surface area contributed by atoms with Crippen LogP contribution in [0.5, 0.6) is 0 Å². The van der Waals surface area contributed by atoms with Crippen molar-refractivity contribution in [3.05, 3.63) is 45.2 Å². The summed E-state index contributed by atoms with van der Waals surface area (Å²) in [5, 5.41) is 18.7. The summed E-state index contributed by atoms with van der Waals surface area (Å²) in [7, 11) is 0. The second-order valence-electron chi connectivity index (χ2n) is 5.41. The molecule has 1 heterocycles. The van der Waals surface area contributed by atoms with Crippen molar-refractivity contribution in [3.63, 3.8) is 0 Å². The molecule has 0 radical (unpaired) electrons. The Morgan fingerprint density at radius 3 is 2.69 bits per heavy atom. The van der Waals surface area contributed by atoms with Crippen LogP contribution in [0, 0.1) is 11.3 Å². The fraction of sp³-hybridized carbons (Fsp3) is 0.294. The number of carbonyl (C=O) groups excluding carboxylic acids is 1. The molecule has 2 aromatic rings. The molecule has 2 rings (SSSR count). The van der Waals surface area contributed by atoms with Crippen molar-refractivity contribution in [2.24, 2.45) is 0 Å². The van der Waals surface area contributed by atoms with Crippen molar-refractivity contribution in [1.29, 1.82) is 5.26 Å². The van der Waals surface area contributed by atoms with Crippen LogP contribution in [-0.4, -0.2) is 26.8 Å². The third kappa shape index (κ3) is 5.59. The number of hydrogen-bond donors (Lipinski definition) is 3. The third-order valence-electron chi connectivity index (χ3n) is 3.54.